The third-order valence-corrected chi connectivity index (χ3v) is 6.33. The quantitative estimate of drug-likeness (QED) is 0.176. The Morgan fingerprint density at radius 1 is 0.733 bits per heavy atom. The van der Waals surface area contributed by atoms with Crippen molar-refractivity contribution in [3.8, 4) is 0 Å². The predicted molar refractivity (Wildman–Crippen MR) is 130 cm³/mol. The van der Waals surface area contributed by atoms with Crippen molar-refractivity contribution in [2.75, 3.05) is 6.61 Å². The first-order valence-corrected chi connectivity index (χ1v) is 12.8. The highest BCUT2D eigenvalue weighted by atomic mass is 16.5. The van der Waals surface area contributed by atoms with Crippen molar-refractivity contribution in [1.82, 2.24) is 0 Å². The monoisotopic (exact) mass is 416 g/mol. The summed E-state index contributed by atoms with van der Waals surface area (Å²) in [6.07, 6.45) is 18.8. The molecule has 1 aromatic carbocycles. The van der Waals surface area contributed by atoms with E-state index < -0.39 is 0 Å². The molecule has 0 aliphatic heterocycles. The highest BCUT2D eigenvalue weighted by molar-refractivity contribution is 5.89. The molecule has 0 aromatic heterocycles. The number of carbonyl (C=O) groups is 1. The number of esters is 1. The molecular formula is C28H48O2. The average Bonchev–Trinajstić information content (AvgIpc) is 2.76. The van der Waals surface area contributed by atoms with Crippen LogP contribution < -0.4 is 0 Å². The van der Waals surface area contributed by atoms with Gasteiger partial charge in [-0.05, 0) is 43.4 Å². The maximum Gasteiger partial charge on any atom is 0.338 e. The van der Waals surface area contributed by atoms with Crippen LogP contribution in [0.25, 0.3) is 0 Å². The maximum atomic E-state index is 12.6. The molecule has 0 saturated carbocycles. The van der Waals surface area contributed by atoms with E-state index in [4.69, 9.17) is 4.74 Å². The number of rotatable bonds is 18. The molecule has 0 fully saturated rings. The summed E-state index contributed by atoms with van der Waals surface area (Å²) in [4.78, 5) is 12.6. The Labute approximate surface area is 187 Å². The summed E-state index contributed by atoms with van der Waals surface area (Å²) in [6.45, 7) is 9.60. The van der Waals surface area contributed by atoms with Crippen LogP contribution in [0.4, 0.5) is 0 Å². The van der Waals surface area contributed by atoms with Crippen LogP contribution in [0.2, 0.25) is 0 Å². The van der Waals surface area contributed by atoms with Crippen LogP contribution in [-0.2, 0) is 11.2 Å². The van der Waals surface area contributed by atoms with E-state index >= 15 is 0 Å². The third kappa shape index (κ3) is 11.8. The lowest BCUT2D eigenvalue weighted by Gasteiger charge is -2.29. The van der Waals surface area contributed by atoms with Gasteiger partial charge in [-0.25, -0.2) is 4.79 Å². The summed E-state index contributed by atoms with van der Waals surface area (Å²) >= 11 is 0. The van der Waals surface area contributed by atoms with Gasteiger partial charge in [0.25, 0.3) is 0 Å². The molecule has 1 atom stereocenters. The van der Waals surface area contributed by atoms with Gasteiger partial charge >= 0.3 is 5.97 Å². The van der Waals surface area contributed by atoms with Crippen LogP contribution in [0.3, 0.4) is 0 Å². The zero-order valence-electron chi connectivity index (χ0n) is 20.4. The van der Waals surface area contributed by atoms with Crippen LogP contribution in [-0.4, -0.2) is 12.6 Å². The smallest absolute Gasteiger partial charge is 0.338 e. The molecule has 0 heterocycles. The van der Waals surface area contributed by atoms with E-state index in [2.05, 4.69) is 39.8 Å². The van der Waals surface area contributed by atoms with E-state index in [1.54, 1.807) is 0 Å². The largest absolute Gasteiger partial charge is 0.462 e. The molecule has 0 N–H and O–H groups in total. The van der Waals surface area contributed by atoms with E-state index in [1.165, 1.54) is 82.6 Å². The van der Waals surface area contributed by atoms with Crippen molar-refractivity contribution < 1.29 is 9.53 Å². The van der Waals surface area contributed by atoms with Gasteiger partial charge in [0.15, 0.2) is 0 Å². The van der Waals surface area contributed by atoms with Crippen LogP contribution >= 0.6 is 0 Å². The fourth-order valence-corrected chi connectivity index (χ4v) is 4.09. The standard InChI is InChI=1S/C28H48O2/c1-5-8-11-13-14-16-23-28(4,22-15-12-9-6-2)24-30-27(29)26-20-18-25(19-21-26)17-10-7-3/h18-21H,5-17,22-24H2,1-4H3. The Morgan fingerprint density at radius 2 is 1.23 bits per heavy atom. The van der Waals surface area contributed by atoms with E-state index in [-0.39, 0.29) is 11.4 Å². The second-order valence-electron chi connectivity index (χ2n) is 9.52. The van der Waals surface area contributed by atoms with Gasteiger partial charge in [-0.3, -0.25) is 0 Å². The molecule has 1 aromatic rings. The summed E-state index contributed by atoms with van der Waals surface area (Å²) in [5.74, 6) is -0.167. The zero-order chi connectivity index (χ0) is 22.1. The molecule has 30 heavy (non-hydrogen) atoms. The Morgan fingerprint density at radius 3 is 1.80 bits per heavy atom. The fraction of sp³-hybridized carbons (Fsp3) is 0.750. The molecule has 1 rings (SSSR count). The number of hydrogen-bond donors (Lipinski definition) is 0. The Bertz CT molecular complexity index is 548. The summed E-state index contributed by atoms with van der Waals surface area (Å²) in [7, 11) is 0. The number of benzene rings is 1. The van der Waals surface area contributed by atoms with Crippen LogP contribution in [0.15, 0.2) is 24.3 Å². The molecule has 0 radical (unpaired) electrons. The summed E-state index contributed by atoms with van der Waals surface area (Å²) in [5, 5.41) is 0. The van der Waals surface area contributed by atoms with Gasteiger partial charge in [-0.2, -0.15) is 0 Å². The lowest BCUT2D eigenvalue weighted by atomic mass is 9.80. The summed E-state index contributed by atoms with van der Waals surface area (Å²) in [6, 6.07) is 8.01. The van der Waals surface area contributed by atoms with E-state index in [1.807, 2.05) is 12.1 Å². The van der Waals surface area contributed by atoms with Gasteiger partial charge in [0.2, 0.25) is 0 Å². The molecule has 172 valence electrons. The van der Waals surface area contributed by atoms with Crippen molar-refractivity contribution >= 4 is 5.97 Å². The molecular weight excluding hydrogens is 368 g/mol. The number of unbranched alkanes of at least 4 members (excludes halogenated alkanes) is 9. The number of hydrogen-bond acceptors (Lipinski definition) is 2. The summed E-state index contributed by atoms with van der Waals surface area (Å²) < 4.78 is 5.83. The molecule has 0 bridgehead atoms. The van der Waals surface area contributed by atoms with Crippen molar-refractivity contribution in [1.29, 1.82) is 0 Å². The normalized spacial score (nSPS) is 13.2. The van der Waals surface area contributed by atoms with Crippen LogP contribution in [0, 0.1) is 5.41 Å². The first-order chi connectivity index (χ1) is 14.5. The lowest BCUT2D eigenvalue weighted by molar-refractivity contribution is 0.0264. The fourth-order valence-electron chi connectivity index (χ4n) is 4.09. The molecule has 2 nitrogen and oxygen atoms in total. The third-order valence-electron chi connectivity index (χ3n) is 6.33. The molecule has 0 aliphatic carbocycles. The van der Waals surface area contributed by atoms with E-state index in [0.717, 1.165) is 19.3 Å². The van der Waals surface area contributed by atoms with Crippen molar-refractivity contribution in [3.05, 3.63) is 35.4 Å². The van der Waals surface area contributed by atoms with Crippen molar-refractivity contribution in [2.24, 2.45) is 5.41 Å². The van der Waals surface area contributed by atoms with Crippen LogP contribution in [0.5, 0.6) is 0 Å². The highest BCUT2D eigenvalue weighted by Gasteiger charge is 2.26. The summed E-state index contributed by atoms with van der Waals surface area (Å²) in [5.41, 5.74) is 2.09. The van der Waals surface area contributed by atoms with Crippen molar-refractivity contribution in [3.63, 3.8) is 0 Å². The highest BCUT2D eigenvalue weighted by Crippen LogP contribution is 2.32. The minimum Gasteiger partial charge on any atom is -0.462 e. The zero-order valence-corrected chi connectivity index (χ0v) is 20.4. The molecule has 0 spiro atoms. The predicted octanol–water partition coefficient (Wildman–Crippen LogP) is 8.91. The molecule has 1 unspecified atom stereocenters. The SMILES string of the molecule is CCCCCCCCC(C)(CCCCCC)COC(=O)c1ccc(CCCC)cc1. The molecule has 0 aliphatic rings. The second-order valence-corrected chi connectivity index (χ2v) is 9.52. The topological polar surface area (TPSA) is 26.3 Å². The van der Waals surface area contributed by atoms with Crippen molar-refractivity contribution in [2.45, 2.75) is 124 Å². The van der Waals surface area contributed by atoms with Gasteiger partial charge in [0, 0.05) is 5.41 Å². The molecule has 0 amide bonds. The van der Waals surface area contributed by atoms with Gasteiger partial charge in [-0.1, -0.05) is 110 Å². The average molecular weight is 417 g/mol. The first-order valence-electron chi connectivity index (χ1n) is 12.8. The number of aryl methyl sites for hydroxylation is 1. The van der Waals surface area contributed by atoms with Gasteiger partial charge in [0.05, 0.1) is 12.2 Å². The first kappa shape index (κ1) is 26.7. The van der Waals surface area contributed by atoms with E-state index in [0.29, 0.717) is 12.2 Å². The van der Waals surface area contributed by atoms with Crippen LogP contribution in [0.1, 0.15) is 134 Å². The van der Waals surface area contributed by atoms with Gasteiger partial charge in [0.1, 0.15) is 0 Å². The van der Waals surface area contributed by atoms with Gasteiger partial charge < -0.3 is 4.74 Å². The Kier molecular flexibility index (Phi) is 14.6. The minimum atomic E-state index is -0.167. The van der Waals surface area contributed by atoms with E-state index in [9.17, 15) is 4.79 Å². The van der Waals surface area contributed by atoms with Gasteiger partial charge in [-0.15, -0.1) is 0 Å². The molecule has 2 heteroatoms. The lowest BCUT2D eigenvalue weighted by Crippen LogP contribution is -2.25. The second kappa shape index (κ2) is 16.4. The Balaban J connectivity index is 2.53. The molecule has 0 saturated heterocycles. The number of carbonyl (C=O) groups excluding carboxylic acids is 1. The minimum absolute atomic E-state index is 0.106. The maximum absolute atomic E-state index is 12.6. The Hall–Kier alpha value is -1.31. The number of ether oxygens (including phenoxy) is 1.